The van der Waals surface area contributed by atoms with Gasteiger partial charge in [-0.25, -0.2) is 17.6 Å². The largest absolute Gasteiger partial charge is 0.319 e. The molecule has 54 heavy (non-hydrogen) atoms. The van der Waals surface area contributed by atoms with E-state index in [-0.39, 0.29) is 36.5 Å². The topological polar surface area (TPSA) is 85.4 Å². The summed E-state index contributed by atoms with van der Waals surface area (Å²) in [5.74, 6) is -0.913. The highest BCUT2D eigenvalue weighted by Gasteiger charge is 2.08. The zero-order valence-corrected chi connectivity index (χ0v) is 32.2. The van der Waals surface area contributed by atoms with Crippen molar-refractivity contribution >= 4 is 8.25 Å². The number of benzene rings is 2. The normalized spacial score (nSPS) is 11.5. The van der Waals surface area contributed by atoms with Crippen LogP contribution in [0.2, 0.25) is 0 Å². The third-order valence-corrected chi connectivity index (χ3v) is 10.0. The number of pyridine rings is 2. The first-order valence-corrected chi connectivity index (χ1v) is 20.5. The summed E-state index contributed by atoms with van der Waals surface area (Å²) in [6, 6.07) is 16.2. The minimum Gasteiger partial charge on any atom is -0.311 e. The zero-order valence-electron chi connectivity index (χ0n) is 31.2. The monoisotopic (exact) mass is 770 g/mol. The lowest BCUT2D eigenvalue weighted by Crippen LogP contribution is -2.17. The molecule has 2 N–H and O–H groups in total. The van der Waals surface area contributed by atoms with Crippen LogP contribution in [0.3, 0.4) is 0 Å². The predicted molar refractivity (Wildman–Crippen MR) is 206 cm³/mol. The van der Waals surface area contributed by atoms with E-state index in [1.54, 1.807) is 12.4 Å². The maximum absolute atomic E-state index is 14.6. The number of hydrogen-bond acceptors (Lipinski definition) is 7. The lowest BCUT2D eigenvalue weighted by atomic mass is 10.0. The van der Waals surface area contributed by atoms with Gasteiger partial charge in [-0.1, -0.05) is 49.9 Å². The van der Waals surface area contributed by atoms with Crippen molar-refractivity contribution in [1.29, 1.82) is 0 Å². The van der Waals surface area contributed by atoms with E-state index in [9.17, 15) is 22.1 Å². The van der Waals surface area contributed by atoms with Crippen LogP contribution in [0.4, 0.5) is 17.6 Å². The van der Waals surface area contributed by atoms with Gasteiger partial charge >= 0.3 is 8.25 Å². The van der Waals surface area contributed by atoms with Gasteiger partial charge < -0.3 is 19.7 Å². The molecular formula is C42H55F4N4O3P. The lowest BCUT2D eigenvalue weighted by molar-refractivity contribution is 0.220. The Hall–Kier alpha value is -3.47. The van der Waals surface area contributed by atoms with Crippen LogP contribution in [0, 0.1) is 23.3 Å². The Bertz CT molecular complexity index is 1540. The number of nitrogens with one attached hydrogen (secondary N) is 2. The third-order valence-electron chi connectivity index (χ3n) is 9.17. The quantitative estimate of drug-likeness (QED) is 0.0338. The molecule has 2 aromatic heterocycles. The van der Waals surface area contributed by atoms with Gasteiger partial charge in [0.1, 0.15) is 23.3 Å². The second-order valence-electron chi connectivity index (χ2n) is 13.6. The first-order valence-electron chi connectivity index (χ1n) is 19.3. The molecule has 0 spiro atoms. The molecule has 0 amide bonds. The molecule has 12 heteroatoms. The Morgan fingerprint density at radius 1 is 0.519 bits per heavy atom. The molecule has 0 atom stereocenters. The van der Waals surface area contributed by atoms with Crippen LogP contribution in [0.25, 0.3) is 0 Å². The molecular weight excluding hydrogens is 715 g/mol. The molecule has 0 fully saturated rings. The van der Waals surface area contributed by atoms with Gasteiger partial charge in [-0.15, -0.1) is 0 Å². The van der Waals surface area contributed by atoms with Crippen molar-refractivity contribution in [2.45, 2.75) is 103 Å². The highest BCUT2D eigenvalue weighted by atomic mass is 31.1. The van der Waals surface area contributed by atoms with Gasteiger partial charge in [0.25, 0.3) is 0 Å². The molecule has 2 aromatic carbocycles. The highest BCUT2D eigenvalue weighted by Crippen LogP contribution is 2.23. The molecule has 0 bridgehead atoms. The van der Waals surface area contributed by atoms with Gasteiger partial charge in [0.2, 0.25) is 0 Å². The molecule has 0 saturated heterocycles. The van der Waals surface area contributed by atoms with E-state index >= 15 is 0 Å². The molecule has 0 radical (unpaired) electrons. The van der Waals surface area contributed by atoms with Gasteiger partial charge in [-0.2, -0.15) is 0 Å². The predicted octanol–water partition coefficient (Wildman–Crippen LogP) is 9.81. The molecule has 4 aromatic rings. The molecule has 0 unspecified atom stereocenters. The van der Waals surface area contributed by atoms with Crippen molar-refractivity contribution in [3.05, 3.63) is 130 Å². The zero-order chi connectivity index (χ0) is 38.2. The van der Waals surface area contributed by atoms with Crippen molar-refractivity contribution in [2.75, 3.05) is 26.3 Å². The van der Waals surface area contributed by atoms with Crippen LogP contribution < -0.4 is 10.6 Å². The van der Waals surface area contributed by atoms with Gasteiger partial charge in [-0.3, -0.25) is 14.5 Å². The number of nitrogens with zero attached hydrogens (tertiary/aromatic N) is 2. The summed E-state index contributed by atoms with van der Waals surface area (Å²) in [4.78, 5) is 8.78. The summed E-state index contributed by atoms with van der Waals surface area (Å²) in [5.41, 5.74) is 4.76. The molecule has 0 aliphatic rings. The average molecular weight is 771 g/mol. The summed E-state index contributed by atoms with van der Waals surface area (Å²) in [6.45, 7) is 2.59. The molecule has 7 nitrogen and oxygen atoms in total. The number of hydrogen-bond donors (Lipinski definition) is 2. The minimum absolute atomic E-state index is 0.217. The fourth-order valence-electron chi connectivity index (χ4n) is 6.04. The minimum atomic E-state index is -2.60. The smallest absolute Gasteiger partial charge is 0.311 e. The van der Waals surface area contributed by atoms with Crippen LogP contribution in [-0.2, 0) is 52.4 Å². The van der Waals surface area contributed by atoms with E-state index in [2.05, 4.69) is 20.6 Å². The Balaban J connectivity index is 0.937. The summed E-state index contributed by atoms with van der Waals surface area (Å²) in [5, 5.41) is 6.41. The molecule has 0 saturated carbocycles. The number of aromatic nitrogens is 2. The summed E-state index contributed by atoms with van der Waals surface area (Å²) in [7, 11) is -2.60. The van der Waals surface area contributed by atoms with Crippen molar-refractivity contribution < 1.29 is 31.2 Å². The molecule has 0 aliphatic heterocycles. The van der Waals surface area contributed by atoms with Crippen molar-refractivity contribution in [1.82, 2.24) is 20.6 Å². The van der Waals surface area contributed by atoms with E-state index in [1.807, 2.05) is 24.3 Å². The maximum atomic E-state index is 14.6. The molecule has 294 valence electrons. The van der Waals surface area contributed by atoms with Crippen LogP contribution in [0.1, 0.15) is 97.8 Å². The fourth-order valence-corrected chi connectivity index (χ4v) is 6.74. The molecule has 4 rings (SSSR count). The number of unbranched alkanes of at least 4 members (excludes halogenated alkanes) is 6. The van der Waals surface area contributed by atoms with Crippen LogP contribution >= 0.6 is 8.25 Å². The van der Waals surface area contributed by atoms with E-state index in [4.69, 9.17) is 9.05 Å². The van der Waals surface area contributed by atoms with E-state index < -0.39 is 8.25 Å². The third kappa shape index (κ3) is 17.8. The Labute approximate surface area is 318 Å². The first kappa shape index (κ1) is 43.3. The summed E-state index contributed by atoms with van der Waals surface area (Å²) < 4.78 is 77.8. The highest BCUT2D eigenvalue weighted by molar-refractivity contribution is 7.33. The van der Waals surface area contributed by atoms with E-state index in [1.165, 1.54) is 36.4 Å². The average Bonchev–Trinajstić information content (AvgIpc) is 3.16. The molecule has 0 aliphatic carbocycles. The Kier molecular flexibility index (Phi) is 20.5. The second kappa shape index (κ2) is 25.6. The number of halogens is 4. The van der Waals surface area contributed by atoms with Crippen LogP contribution in [0.5, 0.6) is 0 Å². The Morgan fingerprint density at radius 3 is 1.30 bits per heavy atom. The first-order chi connectivity index (χ1) is 26.4. The van der Waals surface area contributed by atoms with Gasteiger partial charge in [0.05, 0.1) is 24.6 Å². The van der Waals surface area contributed by atoms with Crippen LogP contribution in [0.15, 0.2) is 73.1 Å². The van der Waals surface area contributed by atoms with Crippen molar-refractivity contribution in [3.63, 3.8) is 0 Å². The summed E-state index contributed by atoms with van der Waals surface area (Å²) in [6.07, 6.45) is 15.5. The maximum Gasteiger partial charge on any atom is 0.319 e. The molecule has 2 heterocycles. The number of aryl methyl sites for hydroxylation is 4. The number of rotatable bonds is 28. The van der Waals surface area contributed by atoms with E-state index in [0.29, 0.717) is 74.4 Å². The van der Waals surface area contributed by atoms with Gasteiger partial charge in [0, 0.05) is 36.6 Å². The van der Waals surface area contributed by atoms with E-state index in [0.717, 1.165) is 75.3 Å². The lowest BCUT2D eigenvalue weighted by Gasteiger charge is -2.09. The standard InChI is InChI=1S/C42H55F4N4O3P/c43-37-19-15-33(16-20-37)11-5-1-3-7-13-35-29-49-39(27-41(35)45)31-47-23-9-25-52-54(51)53-26-10-24-48-32-40-28-42(46)36(30-50-40)14-8-4-2-6-12-34-17-21-38(44)22-18-34/h15-22,27-30,47-48,54H,1-14,23-26,31-32H2. The second-order valence-corrected chi connectivity index (χ2v) is 14.7. The fraction of sp³-hybridized carbons (Fsp3) is 0.476. The van der Waals surface area contributed by atoms with Gasteiger partial charge in [-0.05, 0) is 125 Å². The van der Waals surface area contributed by atoms with Crippen LogP contribution in [-0.4, -0.2) is 36.3 Å². The van der Waals surface area contributed by atoms with Gasteiger partial charge in [0.15, 0.2) is 0 Å². The Morgan fingerprint density at radius 2 is 0.907 bits per heavy atom. The van der Waals surface area contributed by atoms with Crippen molar-refractivity contribution in [2.24, 2.45) is 0 Å². The van der Waals surface area contributed by atoms with Crippen molar-refractivity contribution in [3.8, 4) is 0 Å². The summed E-state index contributed by atoms with van der Waals surface area (Å²) >= 11 is 0. The SMILES string of the molecule is O=[PH](OCCCNCc1cc(F)c(CCCCCCc2ccc(F)cc2)cn1)OCCCNCc1cc(F)c(CCCCCCc2ccc(F)cc2)cn1.